The van der Waals surface area contributed by atoms with Gasteiger partial charge in [-0.1, -0.05) is 0 Å². The lowest BCUT2D eigenvalue weighted by molar-refractivity contribution is -0.117. The molecular formula is C10H13F3N4O. The summed E-state index contributed by atoms with van der Waals surface area (Å²) in [4.78, 5) is 11.7. The van der Waals surface area contributed by atoms with Crippen molar-refractivity contribution in [3.05, 3.63) is 12.3 Å². The summed E-state index contributed by atoms with van der Waals surface area (Å²) in [6.07, 6.45) is -2.07. The maximum atomic E-state index is 12.9. The molecule has 0 radical (unpaired) electrons. The van der Waals surface area contributed by atoms with Crippen LogP contribution < -0.4 is 10.6 Å². The van der Waals surface area contributed by atoms with Gasteiger partial charge in [0.25, 0.3) is 6.43 Å². The molecule has 2 heterocycles. The minimum absolute atomic E-state index is 0.115. The van der Waals surface area contributed by atoms with Crippen LogP contribution in [0.15, 0.2) is 12.3 Å². The quantitative estimate of drug-likeness (QED) is 0.843. The van der Waals surface area contributed by atoms with Gasteiger partial charge >= 0.3 is 0 Å². The Balaban J connectivity index is 1.89. The summed E-state index contributed by atoms with van der Waals surface area (Å²) >= 11 is 0. The number of alkyl halides is 3. The summed E-state index contributed by atoms with van der Waals surface area (Å²) in [5.74, 6) is -0.220. The lowest BCUT2D eigenvalue weighted by Crippen LogP contribution is -2.35. The third-order valence-corrected chi connectivity index (χ3v) is 2.61. The molecule has 2 N–H and O–H groups in total. The van der Waals surface area contributed by atoms with Crippen molar-refractivity contribution in [2.24, 2.45) is 0 Å². The Morgan fingerprint density at radius 2 is 2.44 bits per heavy atom. The summed E-state index contributed by atoms with van der Waals surface area (Å²) in [6.45, 7) is -0.373. The second kappa shape index (κ2) is 5.38. The first-order chi connectivity index (χ1) is 8.54. The first-order valence-electron chi connectivity index (χ1n) is 5.54. The van der Waals surface area contributed by atoms with E-state index in [2.05, 4.69) is 15.7 Å². The van der Waals surface area contributed by atoms with Crippen molar-refractivity contribution in [1.29, 1.82) is 0 Å². The van der Waals surface area contributed by atoms with E-state index in [1.165, 1.54) is 12.3 Å². The number of nitrogens with zero attached hydrogens (tertiary/aromatic N) is 2. The number of carbonyl (C=O) groups is 1. The fourth-order valence-electron chi connectivity index (χ4n) is 1.78. The summed E-state index contributed by atoms with van der Waals surface area (Å²) in [5, 5.41) is 8.94. The number of anilines is 1. The average molecular weight is 262 g/mol. The number of carbonyl (C=O) groups excluding carboxylic acids is 1. The second-order valence-corrected chi connectivity index (χ2v) is 4.10. The molecule has 1 amide bonds. The highest BCUT2D eigenvalue weighted by molar-refractivity contribution is 5.94. The molecule has 0 aromatic carbocycles. The van der Waals surface area contributed by atoms with Gasteiger partial charge < -0.3 is 10.6 Å². The van der Waals surface area contributed by atoms with Crippen LogP contribution in [0.5, 0.6) is 0 Å². The van der Waals surface area contributed by atoms with E-state index in [0.717, 1.165) is 4.68 Å². The molecule has 0 saturated carbocycles. The van der Waals surface area contributed by atoms with Crippen molar-refractivity contribution in [3.8, 4) is 0 Å². The highest BCUT2D eigenvalue weighted by Gasteiger charge is 2.29. The van der Waals surface area contributed by atoms with Gasteiger partial charge in [0.1, 0.15) is 12.7 Å². The molecule has 18 heavy (non-hydrogen) atoms. The Kier molecular flexibility index (Phi) is 3.85. The van der Waals surface area contributed by atoms with E-state index in [4.69, 9.17) is 0 Å². The van der Waals surface area contributed by atoms with Gasteiger partial charge in [-0.2, -0.15) is 5.10 Å². The molecule has 0 aliphatic carbocycles. The molecule has 1 aliphatic rings. The van der Waals surface area contributed by atoms with Crippen LogP contribution in [0.2, 0.25) is 0 Å². The van der Waals surface area contributed by atoms with Crippen LogP contribution in [0.25, 0.3) is 0 Å². The number of aromatic nitrogens is 2. The summed E-state index contributed by atoms with van der Waals surface area (Å²) < 4.78 is 38.1. The molecule has 0 spiro atoms. The van der Waals surface area contributed by atoms with Crippen molar-refractivity contribution >= 4 is 11.7 Å². The normalized spacial score (nSPS) is 23.6. The van der Waals surface area contributed by atoms with E-state index in [1.807, 2.05) is 0 Å². The molecule has 1 aliphatic heterocycles. The maximum Gasteiger partial charge on any atom is 0.257 e. The molecule has 2 atom stereocenters. The third-order valence-electron chi connectivity index (χ3n) is 2.61. The fourth-order valence-corrected chi connectivity index (χ4v) is 1.78. The fraction of sp³-hybridized carbons (Fsp3) is 0.600. The Bertz CT molecular complexity index is 423. The lowest BCUT2D eigenvalue weighted by Gasteiger charge is -2.08. The predicted octanol–water partition coefficient (Wildman–Crippen LogP) is 0.787. The van der Waals surface area contributed by atoms with E-state index in [-0.39, 0.29) is 18.8 Å². The molecule has 8 heteroatoms. The van der Waals surface area contributed by atoms with Crippen molar-refractivity contribution < 1.29 is 18.0 Å². The largest absolute Gasteiger partial charge is 0.308 e. The molecule has 1 saturated heterocycles. The third kappa shape index (κ3) is 3.22. The van der Waals surface area contributed by atoms with Crippen molar-refractivity contribution in [2.75, 3.05) is 11.9 Å². The molecule has 2 rings (SSSR count). The molecule has 1 aromatic rings. The molecule has 5 nitrogen and oxygen atoms in total. The minimum atomic E-state index is -2.50. The van der Waals surface area contributed by atoms with Crippen LogP contribution in [-0.2, 0) is 11.3 Å². The number of hydrogen-bond acceptors (Lipinski definition) is 3. The zero-order chi connectivity index (χ0) is 13.1. The van der Waals surface area contributed by atoms with E-state index in [9.17, 15) is 18.0 Å². The summed E-state index contributed by atoms with van der Waals surface area (Å²) in [7, 11) is 0. The number of rotatable bonds is 4. The van der Waals surface area contributed by atoms with Crippen LogP contribution in [-0.4, -0.2) is 40.9 Å². The van der Waals surface area contributed by atoms with E-state index in [1.54, 1.807) is 0 Å². The van der Waals surface area contributed by atoms with Gasteiger partial charge in [0.2, 0.25) is 5.91 Å². The first-order valence-corrected chi connectivity index (χ1v) is 5.54. The molecule has 100 valence electrons. The van der Waals surface area contributed by atoms with Crippen LogP contribution in [0, 0.1) is 0 Å². The molecule has 0 unspecified atom stereocenters. The van der Waals surface area contributed by atoms with Gasteiger partial charge in [0.05, 0.1) is 6.04 Å². The first kappa shape index (κ1) is 12.9. The molecule has 1 aromatic heterocycles. The van der Waals surface area contributed by atoms with Gasteiger partial charge in [-0.3, -0.25) is 9.48 Å². The number of nitrogens with one attached hydrogen (secondary N) is 2. The Labute approximate surface area is 101 Å². The van der Waals surface area contributed by atoms with Crippen LogP contribution in [0.4, 0.5) is 19.0 Å². The van der Waals surface area contributed by atoms with E-state index < -0.39 is 31.1 Å². The molecule has 0 bridgehead atoms. The SMILES string of the molecule is O=C(Nc1ccn(CC(F)F)n1)[C@@H]1C[C@@H](F)CN1. The van der Waals surface area contributed by atoms with Crippen molar-refractivity contribution in [3.63, 3.8) is 0 Å². The van der Waals surface area contributed by atoms with E-state index >= 15 is 0 Å². The number of halogens is 3. The topological polar surface area (TPSA) is 59.0 Å². The predicted molar refractivity (Wildman–Crippen MR) is 58.2 cm³/mol. The molecular weight excluding hydrogens is 249 g/mol. The van der Waals surface area contributed by atoms with E-state index in [0.29, 0.717) is 0 Å². The van der Waals surface area contributed by atoms with Gasteiger partial charge in [-0.05, 0) is 0 Å². The highest BCUT2D eigenvalue weighted by atomic mass is 19.3. The molecule has 1 fully saturated rings. The van der Waals surface area contributed by atoms with Crippen LogP contribution >= 0.6 is 0 Å². The standard InChI is InChI=1S/C10H13F3N4O/c11-6-3-7(14-4-6)10(18)15-9-1-2-17(16-9)5-8(12)13/h1-2,6-8,14H,3-5H2,(H,15,16,18)/t6-,7+/m1/s1. The monoisotopic (exact) mass is 262 g/mol. The highest BCUT2D eigenvalue weighted by Crippen LogP contribution is 2.12. The van der Waals surface area contributed by atoms with Gasteiger partial charge in [-0.25, -0.2) is 13.2 Å². The Morgan fingerprint density at radius 1 is 1.67 bits per heavy atom. The summed E-state index contributed by atoms with van der Waals surface area (Å²) in [6, 6.07) is 0.822. The summed E-state index contributed by atoms with van der Waals surface area (Å²) in [5.41, 5.74) is 0. The zero-order valence-corrected chi connectivity index (χ0v) is 9.44. The van der Waals surface area contributed by atoms with Crippen LogP contribution in [0.3, 0.4) is 0 Å². The lowest BCUT2D eigenvalue weighted by atomic mass is 10.2. The number of amides is 1. The van der Waals surface area contributed by atoms with Gasteiger partial charge in [0.15, 0.2) is 5.82 Å². The Morgan fingerprint density at radius 3 is 3.06 bits per heavy atom. The second-order valence-electron chi connectivity index (χ2n) is 4.10. The maximum absolute atomic E-state index is 12.9. The van der Waals surface area contributed by atoms with Crippen LogP contribution in [0.1, 0.15) is 6.42 Å². The van der Waals surface area contributed by atoms with Crippen molar-refractivity contribution in [1.82, 2.24) is 15.1 Å². The zero-order valence-electron chi connectivity index (χ0n) is 9.44. The van der Waals surface area contributed by atoms with Gasteiger partial charge in [-0.15, -0.1) is 0 Å². The Hall–Kier alpha value is -1.57. The number of hydrogen-bond donors (Lipinski definition) is 2. The van der Waals surface area contributed by atoms with Crippen molar-refractivity contribution in [2.45, 2.75) is 31.6 Å². The average Bonchev–Trinajstić information content (AvgIpc) is 2.87. The minimum Gasteiger partial charge on any atom is -0.308 e. The smallest absolute Gasteiger partial charge is 0.257 e. The van der Waals surface area contributed by atoms with Gasteiger partial charge in [0, 0.05) is 25.2 Å².